The minimum absolute atomic E-state index is 0.0292. The molecule has 7 heteroatoms. The van der Waals surface area contributed by atoms with E-state index in [0.29, 0.717) is 22.0 Å². The number of carbonyl (C=O) groups excluding carboxylic acids is 2. The Morgan fingerprint density at radius 2 is 2.00 bits per heavy atom. The third-order valence-electron chi connectivity index (χ3n) is 4.20. The lowest BCUT2D eigenvalue weighted by molar-refractivity contribution is -0.147. The van der Waals surface area contributed by atoms with E-state index in [4.69, 9.17) is 16.3 Å². The Morgan fingerprint density at radius 3 is 2.71 bits per heavy atom. The first-order chi connectivity index (χ1) is 13.3. The summed E-state index contributed by atoms with van der Waals surface area (Å²) in [6.45, 7) is 3.51. The summed E-state index contributed by atoms with van der Waals surface area (Å²) in [6, 6.07) is 10.3. The second-order valence-corrected chi connectivity index (χ2v) is 7.17. The standard InChI is InChI=1S/C21H20ClFN2O3/c1-12(2)28-19(26)10-9-18-21(27)25-17-8-7-13(22)11-15(17)20(24-18)14-5-3-4-6-16(14)23/h3-8,11-12,18H,9-10H2,1-2H3,(H,25,27)/t18-/m0/s1. The molecule has 1 amide bonds. The van der Waals surface area contributed by atoms with E-state index in [2.05, 4.69) is 10.3 Å². The normalized spacial score (nSPS) is 16.1. The van der Waals surface area contributed by atoms with E-state index < -0.39 is 17.8 Å². The van der Waals surface area contributed by atoms with Crippen molar-refractivity contribution in [3.63, 3.8) is 0 Å². The van der Waals surface area contributed by atoms with Crippen LogP contribution in [-0.2, 0) is 14.3 Å². The van der Waals surface area contributed by atoms with Crippen molar-refractivity contribution in [2.24, 2.45) is 4.99 Å². The molecule has 1 atom stereocenters. The average molecular weight is 403 g/mol. The Morgan fingerprint density at radius 1 is 1.25 bits per heavy atom. The van der Waals surface area contributed by atoms with Gasteiger partial charge in [0.25, 0.3) is 0 Å². The highest BCUT2D eigenvalue weighted by Crippen LogP contribution is 2.29. The summed E-state index contributed by atoms with van der Waals surface area (Å²) in [5, 5.41) is 3.24. The van der Waals surface area contributed by atoms with Crippen LogP contribution in [0.25, 0.3) is 0 Å². The molecule has 5 nitrogen and oxygen atoms in total. The van der Waals surface area contributed by atoms with Gasteiger partial charge in [0, 0.05) is 22.6 Å². The second kappa shape index (κ2) is 8.52. The molecule has 0 aromatic heterocycles. The number of benzene rings is 2. The van der Waals surface area contributed by atoms with Crippen molar-refractivity contribution in [1.29, 1.82) is 0 Å². The zero-order valence-electron chi connectivity index (χ0n) is 15.5. The summed E-state index contributed by atoms with van der Waals surface area (Å²) in [6.07, 6.45) is -0.0577. The average Bonchev–Trinajstić information content (AvgIpc) is 2.76. The van der Waals surface area contributed by atoms with Crippen LogP contribution in [0.5, 0.6) is 0 Å². The summed E-state index contributed by atoms with van der Waals surface area (Å²) >= 11 is 6.12. The zero-order valence-corrected chi connectivity index (χ0v) is 16.3. The molecule has 0 saturated carbocycles. The molecule has 1 heterocycles. The molecule has 1 aliphatic heterocycles. The van der Waals surface area contributed by atoms with Gasteiger partial charge in [-0.15, -0.1) is 0 Å². The van der Waals surface area contributed by atoms with E-state index in [9.17, 15) is 14.0 Å². The maximum atomic E-state index is 14.5. The van der Waals surface area contributed by atoms with E-state index in [1.807, 2.05) is 0 Å². The van der Waals surface area contributed by atoms with Crippen molar-refractivity contribution < 1.29 is 18.7 Å². The predicted octanol–water partition coefficient (Wildman–Crippen LogP) is 4.37. The summed E-state index contributed by atoms with van der Waals surface area (Å²) in [5.41, 5.74) is 1.59. The molecule has 2 aromatic carbocycles. The highest BCUT2D eigenvalue weighted by Gasteiger charge is 2.27. The number of ether oxygens (including phenoxy) is 1. The quantitative estimate of drug-likeness (QED) is 0.755. The number of nitrogens with zero attached hydrogens (tertiary/aromatic N) is 1. The molecule has 0 saturated heterocycles. The number of carbonyl (C=O) groups is 2. The van der Waals surface area contributed by atoms with Gasteiger partial charge in [0.15, 0.2) is 0 Å². The van der Waals surface area contributed by atoms with Gasteiger partial charge in [0.1, 0.15) is 11.9 Å². The molecule has 0 aliphatic carbocycles. The van der Waals surface area contributed by atoms with Crippen molar-refractivity contribution in [2.75, 3.05) is 5.32 Å². The number of nitrogens with one attached hydrogen (secondary N) is 1. The monoisotopic (exact) mass is 402 g/mol. The molecule has 0 fully saturated rings. The van der Waals surface area contributed by atoms with E-state index in [-0.39, 0.29) is 30.4 Å². The number of benzodiazepines with no additional fused rings is 1. The number of aliphatic imine (C=N–C) groups is 1. The Labute approximate surface area is 167 Å². The van der Waals surface area contributed by atoms with Gasteiger partial charge in [-0.3, -0.25) is 14.6 Å². The van der Waals surface area contributed by atoms with Gasteiger partial charge < -0.3 is 10.1 Å². The fraction of sp³-hybridized carbons (Fsp3) is 0.286. The maximum Gasteiger partial charge on any atom is 0.306 e. The Balaban J connectivity index is 2.00. The van der Waals surface area contributed by atoms with Crippen molar-refractivity contribution in [1.82, 2.24) is 0 Å². The molecule has 2 aromatic rings. The second-order valence-electron chi connectivity index (χ2n) is 6.73. The topological polar surface area (TPSA) is 67.8 Å². The molecular weight excluding hydrogens is 383 g/mol. The van der Waals surface area contributed by atoms with Gasteiger partial charge in [0.2, 0.25) is 5.91 Å². The van der Waals surface area contributed by atoms with Crippen LogP contribution in [0.1, 0.15) is 37.8 Å². The van der Waals surface area contributed by atoms with Crippen molar-refractivity contribution >= 4 is 34.9 Å². The number of rotatable bonds is 5. The lowest BCUT2D eigenvalue weighted by Gasteiger charge is -2.12. The van der Waals surface area contributed by atoms with Gasteiger partial charge in [-0.2, -0.15) is 0 Å². The van der Waals surface area contributed by atoms with Gasteiger partial charge in [-0.1, -0.05) is 23.7 Å². The lowest BCUT2D eigenvalue weighted by atomic mass is 10.00. The summed E-state index contributed by atoms with van der Waals surface area (Å²) in [7, 11) is 0. The molecule has 146 valence electrons. The Kier molecular flexibility index (Phi) is 6.09. The maximum absolute atomic E-state index is 14.5. The number of hydrogen-bond acceptors (Lipinski definition) is 4. The number of esters is 1. The van der Waals surface area contributed by atoms with Crippen LogP contribution in [0.2, 0.25) is 5.02 Å². The smallest absolute Gasteiger partial charge is 0.306 e. The van der Waals surface area contributed by atoms with E-state index >= 15 is 0 Å². The molecule has 0 spiro atoms. The molecule has 0 radical (unpaired) electrons. The summed E-state index contributed by atoms with van der Waals surface area (Å²) < 4.78 is 19.6. The fourth-order valence-electron chi connectivity index (χ4n) is 2.96. The third-order valence-corrected chi connectivity index (χ3v) is 4.44. The van der Waals surface area contributed by atoms with Crippen LogP contribution in [0.15, 0.2) is 47.5 Å². The van der Waals surface area contributed by atoms with E-state index in [0.717, 1.165) is 0 Å². The van der Waals surface area contributed by atoms with E-state index in [1.165, 1.54) is 6.07 Å². The molecular formula is C21H20ClFN2O3. The molecule has 1 aliphatic rings. The SMILES string of the molecule is CC(C)OC(=O)CC[C@@H]1N=C(c2ccccc2F)c2cc(Cl)ccc2NC1=O. The molecule has 3 rings (SSSR count). The first-order valence-electron chi connectivity index (χ1n) is 8.98. The van der Waals surface area contributed by atoms with Gasteiger partial charge in [-0.05, 0) is 50.6 Å². The van der Waals surface area contributed by atoms with Crippen LogP contribution in [0.4, 0.5) is 10.1 Å². The van der Waals surface area contributed by atoms with Gasteiger partial charge in [0.05, 0.1) is 17.5 Å². The van der Waals surface area contributed by atoms with Crippen LogP contribution < -0.4 is 5.32 Å². The number of hydrogen-bond donors (Lipinski definition) is 1. The predicted molar refractivity (Wildman–Crippen MR) is 106 cm³/mol. The van der Waals surface area contributed by atoms with Crippen LogP contribution in [0, 0.1) is 5.82 Å². The Bertz CT molecular complexity index is 943. The zero-order chi connectivity index (χ0) is 20.3. The minimum atomic E-state index is -0.861. The number of amides is 1. The first kappa shape index (κ1) is 20.0. The molecule has 1 N–H and O–H groups in total. The summed E-state index contributed by atoms with van der Waals surface area (Å²) in [5.74, 6) is -1.23. The number of anilines is 1. The minimum Gasteiger partial charge on any atom is -0.463 e. The highest BCUT2D eigenvalue weighted by atomic mass is 35.5. The largest absolute Gasteiger partial charge is 0.463 e. The third kappa shape index (κ3) is 4.57. The number of halogens is 2. The molecule has 28 heavy (non-hydrogen) atoms. The lowest BCUT2D eigenvalue weighted by Crippen LogP contribution is -2.27. The van der Waals surface area contributed by atoms with Crippen molar-refractivity contribution in [3.05, 3.63) is 64.4 Å². The van der Waals surface area contributed by atoms with Crippen molar-refractivity contribution in [2.45, 2.75) is 38.8 Å². The van der Waals surface area contributed by atoms with Crippen LogP contribution in [0.3, 0.4) is 0 Å². The first-order valence-corrected chi connectivity index (χ1v) is 9.36. The molecule has 0 bridgehead atoms. The molecule has 0 unspecified atom stereocenters. The Hall–Kier alpha value is -2.73. The van der Waals surface area contributed by atoms with Gasteiger partial charge >= 0.3 is 5.97 Å². The highest BCUT2D eigenvalue weighted by molar-refractivity contribution is 6.32. The van der Waals surface area contributed by atoms with Gasteiger partial charge in [-0.25, -0.2) is 4.39 Å². The van der Waals surface area contributed by atoms with Crippen molar-refractivity contribution in [3.8, 4) is 0 Å². The van der Waals surface area contributed by atoms with E-state index in [1.54, 1.807) is 50.2 Å². The fourth-order valence-corrected chi connectivity index (χ4v) is 3.13. The summed E-state index contributed by atoms with van der Waals surface area (Å²) in [4.78, 5) is 29.1. The number of fused-ring (bicyclic) bond motifs is 1. The van der Waals surface area contributed by atoms with Crippen LogP contribution >= 0.6 is 11.6 Å². The van der Waals surface area contributed by atoms with Crippen LogP contribution in [-0.4, -0.2) is 29.7 Å².